The third-order valence-electron chi connectivity index (χ3n) is 2.28. The van der Waals surface area contributed by atoms with E-state index in [1.807, 2.05) is 0 Å². The largest absolute Gasteiger partial charge is 0.278 e. The minimum atomic E-state index is -4.00. The average Bonchev–Trinajstić information content (AvgIpc) is 2.77. The maximum Gasteiger partial charge on any atom is 0.278 e. The summed E-state index contributed by atoms with van der Waals surface area (Å²) < 4.78 is 22.6. The highest BCUT2D eigenvalue weighted by Gasteiger charge is 2.23. The molecule has 2 aromatic rings. The fourth-order valence-corrected chi connectivity index (χ4v) is 2.17. The van der Waals surface area contributed by atoms with E-state index in [-0.39, 0.29) is 21.8 Å². The maximum absolute atomic E-state index is 11.3. The minimum absolute atomic E-state index is 0.00444. The first-order valence-corrected chi connectivity index (χ1v) is 6.26. The van der Waals surface area contributed by atoms with E-state index in [1.165, 1.54) is 18.2 Å². The lowest BCUT2D eigenvalue weighted by molar-refractivity contribution is -0.384. The molecule has 94 valence electrons. The Morgan fingerprint density at radius 2 is 2.00 bits per heavy atom. The van der Waals surface area contributed by atoms with Crippen molar-refractivity contribution >= 4 is 15.7 Å². The summed E-state index contributed by atoms with van der Waals surface area (Å²) in [4.78, 5) is 9.98. The van der Waals surface area contributed by atoms with E-state index in [4.69, 9.17) is 5.14 Å². The Kier molecular flexibility index (Phi) is 2.85. The van der Waals surface area contributed by atoms with E-state index < -0.39 is 14.9 Å². The first-order valence-electron chi connectivity index (χ1n) is 4.71. The summed E-state index contributed by atoms with van der Waals surface area (Å²) in [5.41, 5.74) is -0.111. The maximum atomic E-state index is 11.3. The number of aromatic nitrogens is 2. The van der Waals surface area contributed by atoms with Gasteiger partial charge in [-0.15, -0.1) is 0 Å². The van der Waals surface area contributed by atoms with Gasteiger partial charge in [-0.3, -0.25) is 15.2 Å². The van der Waals surface area contributed by atoms with Gasteiger partial charge in [0.15, 0.2) is 0 Å². The molecule has 0 unspecified atom stereocenters. The van der Waals surface area contributed by atoms with Gasteiger partial charge >= 0.3 is 0 Å². The van der Waals surface area contributed by atoms with E-state index in [0.717, 1.165) is 6.20 Å². The number of sulfonamides is 1. The topological polar surface area (TPSA) is 132 Å². The quantitative estimate of drug-likeness (QED) is 0.622. The lowest BCUT2D eigenvalue weighted by Crippen LogP contribution is -2.12. The monoisotopic (exact) mass is 268 g/mol. The molecule has 0 spiro atoms. The molecule has 0 saturated heterocycles. The third-order valence-corrected chi connectivity index (χ3v) is 3.20. The summed E-state index contributed by atoms with van der Waals surface area (Å²) >= 11 is 0. The molecule has 0 fully saturated rings. The van der Waals surface area contributed by atoms with E-state index in [9.17, 15) is 18.5 Å². The van der Waals surface area contributed by atoms with Gasteiger partial charge in [0.1, 0.15) is 4.90 Å². The van der Waals surface area contributed by atoms with Gasteiger partial charge in [-0.2, -0.15) is 5.10 Å². The molecular weight excluding hydrogens is 260 g/mol. The van der Waals surface area contributed by atoms with Gasteiger partial charge < -0.3 is 0 Å². The Bertz CT molecular complexity index is 707. The van der Waals surface area contributed by atoms with Crippen molar-refractivity contribution in [1.29, 1.82) is 0 Å². The number of nitrogens with two attached hydrogens (primary N) is 1. The average molecular weight is 268 g/mol. The number of nitrogens with one attached hydrogen (secondary N) is 1. The molecule has 18 heavy (non-hydrogen) atoms. The molecule has 0 radical (unpaired) electrons. The van der Waals surface area contributed by atoms with Crippen LogP contribution in [0.15, 0.2) is 35.4 Å². The predicted octanol–water partition coefficient (Wildman–Crippen LogP) is 0.632. The lowest BCUT2D eigenvalue weighted by Gasteiger charge is -2.02. The second-order valence-corrected chi connectivity index (χ2v) is 4.96. The van der Waals surface area contributed by atoms with Crippen molar-refractivity contribution in [3.8, 4) is 11.3 Å². The first-order chi connectivity index (χ1) is 8.41. The van der Waals surface area contributed by atoms with Crippen LogP contribution in [0.1, 0.15) is 0 Å². The van der Waals surface area contributed by atoms with E-state index in [0.29, 0.717) is 0 Å². The summed E-state index contributed by atoms with van der Waals surface area (Å²) in [7, 11) is -4.00. The van der Waals surface area contributed by atoms with Crippen LogP contribution in [0, 0.1) is 10.1 Å². The van der Waals surface area contributed by atoms with Crippen LogP contribution in [0.2, 0.25) is 0 Å². The van der Waals surface area contributed by atoms with Crippen molar-refractivity contribution in [2.24, 2.45) is 5.14 Å². The Labute approximate surface area is 102 Å². The van der Waals surface area contributed by atoms with Crippen molar-refractivity contribution in [3.05, 3.63) is 40.6 Å². The van der Waals surface area contributed by atoms with Crippen molar-refractivity contribution in [3.63, 3.8) is 0 Å². The lowest BCUT2D eigenvalue weighted by atomic mass is 10.1. The molecule has 1 aromatic carbocycles. The molecule has 0 amide bonds. The molecule has 2 rings (SSSR count). The Morgan fingerprint density at radius 3 is 2.61 bits per heavy atom. The van der Waals surface area contributed by atoms with Gasteiger partial charge in [0.25, 0.3) is 5.69 Å². The molecule has 0 aliphatic carbocycles. The van der Waals surface area contributed by atoms with Crippen LogP contribution in [0.5, 0.6) is 0 Å². The fourth-order valence-electron chi connectivity index (χ4n) is 1.53. The second-order valence-electron chi connectivity index (χ2n) is 3.43. The highest BCUT2D eigenvalue weighted by Crippen LogP contribution is 2.31. The van der Waals surface area contributed by atoms with Crippen molar-refractivity contribution in [2.45, 2.75) is 4.90 Å². The highest BCUT2D eigenvalue weighted by molar-refractivity contribution is 7.89. The van der Waals surface area contributed by atoms with Gasteiger partial charge in [0.05, 0.1) is 22.4 Å². The number of nitrogens with zero attached hydrogens (tertiary/aromatic N) is 2. The van der Waals surface area contributed by atoms with Crippen LogP contribution < -0.4 is 5.14 Å². The Morgan fingerprint density at radius 1 is 1.33 bits per heavy atom. The van der Waals surface area contributed by atoms with Crippen molar-refractivity contribution < 1.29 is 13.3 Å². The molecule has 0 bridgehead atoms. The van der Waals surface area contributed by atoms with Crippen molar-refractivity contribution in [2.75, 3.05) is 0 Å². The SMILES string of the molecule is NS(=O)(=O)c1cn[nH]c1-c1ccccc1[N+](=O)[O-]. The number of aromatic amines is 1. The van der Waals surface area contributed by atoms with Crippen LogP contribution in [-0.4, -0.2) is 23.5 Å². The molecule has 3 N–H and O–H groups in total. The van der Waals surface area contributed by atoms with Gasteiger partial charge in [-0.1, -0.05) is 12.1 Å². The summed E-state index contributed by atoms with van der Waals surface area (Å²) in [6.45, 7) is 0. The zero-order valence-corrected chi connectivity index (χ0v) is 9.72. The highest BCUT2D eigenvalue weighted by atomic mass is 32.2. The number of rotatable bonds is 3. The van der Waals surface area contributed by atoms with E-state index in [1.54, 1.807) is 6.07 Å². The van der Waals surface area contributed by atoms with Crippen molar-refractivity contribution in [1.82, 2.24) is 10.2 Å². The number of hydrogen-bond donors (Lipinski definition) is 2. The zero-order chi connectivity index (χ0) is 13.3. The molecule has 9 heteroatoms. The number of para-hydroxylation sites is 1. The van der Waals surface area contributed by atoms with Crippen LogP contribution >= 0.6 is 0 Å². The number of nitro benzene ring substituents is 1. The molecule has 1 aromatic heterocycles. The molecule has 1 heterocycles. The number of primary sulfonamides is 1. The summed E-state index contributed by atoms with van der Waals surface area (Å²) in [6, 6.07) is 5.72. The molecule has 8 nitrogen and oxygen atoms in total. The number of benzene rings is 1. The molecule has 0 aliphatic heterocycles. The van der Waals surface area contributed by atoms with Gasteiger partial charge in [-0.05, 0) is 6.07 Å². The predicted molar refractivity (Wildman–Crippen MR) is 62.1 cm³/mol. The molecule has 0 atom stereocenters. The summed E-state index contributed by atoms with van der Waals surface area (Å²) in [5, 5.41) is 21.8. The van der Waals surface area contributed by atoms with Gasteiger partial charge in [0, 0.05) is 6.07 Å². The summed E-state index contributed by atoms with van der Waals surface area (Å²) in [6.07, 6.45) is 1.02. The second kappa shape index (κ2) is 4.20. The van der Waals surface area contributed by atoms with E-state index >= 15 is 0 Å². The number of H-pyrrole nitrogens is 1. The van der Waals surface area contributed by atoms with E-state index in [2.05, 4.69) is 10.2 Å². The molecule has 0 saturated carbocycles. The standard InChI is InChI=1S/C9H8N4O4S/c10-18(16,17)8-5-11-12-9(8)6-3-1-2-4-7(6)13(14)15/h1-5H,(H,11,12)(H2,10,16,17). The van der Waals surface area contributed by atoms with Gasteiger partial charge in [-0.25, -0.2) is 13.6 Å². The van der Waals surface area contributed by atoms with Crippen LogP contribution in [0.3, 0.4) is 0 Å². The zero-order valence-electron chi connectivity index (χ0n) is 8.90. The van der Waals surface area contributed by atoms with Gasteiger partial charge in [0.2, 0.25) is 10.0 Å². The minimum Gasteiger partial charge on any atom is -0.276 e. The van der Waals surface area contributed by atoms with Crippen LogP contribution in [-0.2, 0) is 10.0 Å². The normalized spacial score (nSPS) is 11.4. The fraction of sp³-hybridized carbons (Fsp3) is 0. The Balaban J connectivity index is 2.71. The van der Waals surface area contributed by atoms with Crippen LogP contribution in [0.4, 0.5) is 5.69 Å². The first kappa shape index (κ1) is 12.2. The summed E-state index contributed by atoms with van der Waals surface area (Å²) in [5.74, 6) is 0. The van der Waals surface area contributed by atoms with Crippen LogP contribution in [0.25, 0.3) is 11.3 Å². The molecular formula is C9H8N4O4S. The third kappa shape index (κ3) is 2.08. The number of nitro groups is 1. The smallest absolute Gasteiger partial charge is 0.276 e. The number of hydrogen-bond acceptors (Lipinski definition) is 5. The molecule has 0 aliphatic rings. The Hall–Kier alpha value is -2.26.